The first-order valence-corrected chi connectivity index (χ1v) is 12.4. The molecule has 0 saturated heterocycles. The zero-order valence-electron chi connectivity index (χ0n) is 17.2. The molecule has 2 bridgehead atoms. The van der Waals surface area contributed by atoms with Gasteiger partial charge in [-0.1, -0.05) is 24.6 Å². The van der Waals surface area contributed by atoms with Crippen molar-refractivity contribution in [2.45, 2.75) is 38.6 Å². The van der Waals surface area contributed by atoms with E-state index in [-0.39, 0.29) is 0 Å². The Morgan fingerprint density at radius 2 is 1.73 bits per heavy atom. The molecule has 0 amide bonds. The van der Waals surface area contributed by atoms with Crippen LogP contribution in [0.2, 0.25) is 0 Å². The van der Waals surface area contributed by atoms with Crippen LogP contribution in [-0.4, -0.2) is 30.7 Å². The number of hydrogen-bond donors (Lipinski definition) is 2. The highest BCUT2D eigenvalue weighted by molar-refractivity contribution is 7.92. The normalized spacial score (nSPS) is 23.1. The lowest BCUT2D eigenvalue weighted by Gasteiger charge is -2.24. The smallest absolute Gasteiger partial charge is 0.229 e. The number of rotatable bonds is 5. The maximum atomic E-state index is 11.4. The largest absolute Gasteiger partial charge is 0.366 e. The minimum atomic E-state index is -3.28. The van der Waals surface area contributed by atoms with Gasteiger partial charge in [-0.2, -0.15) is 0 Å². The molecule has 0 unspecified atom stereocenters. The van der Waals surface area contributed by atoms with Crippen molar-refractivity contribution in [3.63, 3.8) is 0 Å². The summed E-state index contributed by atoms with van der Waals surface area (Å²) in [6, 6.07) is 14.1. The predicted octanol–water partition coefficient (Wildman–Crippen LogP) is 4.58. The van der Waals surface area contributed by atoms with Crippen LogP contribution >= 0.6 is 0 Å². The number of benzene rings is 2. The van der Waals surface area contributed by atoms with Gasteiger partial charge in [0.25, 0.3) is 0 Å². The van der Waals surface area contributed by atoms with Crippen molar-refractivity contribution in [2.75, 3.05) is 16.3 Å². The number of nitrogens with zero attached hydrogens (tertiary/aromatic N) is 2. The van der Waals surface area contributed by atoms with Crippen molar-refractivity contribution in [3.8, 4) is 11.1 Å². The van der Waals surface area contributed by atoms with E-state index in [1.807, 2.05) is 25.1 Å². The summed E-state index contributed by atoms with van der Waals surface area (Å²) in [5, 5.41) is 4.77. The molecule has 0 aliphatic heterocycles. The maximum absolute atomic E-state index is 11.4. The van der Waals surface area contributed by atoms with Crippen LogP contribution in [0.5, 0.6) is 0 Å². The van der Waals surface area contributed by atoms with Crippen LogP contribution in [0.1, 0.15) is 31.5 Å². The molecule has 6 nitrogen and oxygen atoms in total. The van der Waals surface area contributed by atoms with E-state index in [0.29, 0.717) is 11.7 Å². The van der Waals surface area contributed by atoms with E-state index in [4.69, 9.17) is 4.98 Å². The molecule has 2 saturated carbocycles. The predicted molar refractivity (Wildman–Crippen MR) is 121 cm³/mol. The standard InChI is InChI=1S/C23H26N4O2S/c1-14-24-21-10-7-17(16-5-8-19(9-6-16)27-30(2,28)29)13-20(21)23(25-14)26-22-12-15-3-4-18(22)11-15/h5-10,13,15,18,22,27H,3-4,11-12H2,1-2H3,(H,24,25,26)/t15-,18+,22+/m0/s1. The lowest BCUT2D eigenvalue weighted by molar-refractivity contribution is 0.439. The van der Waals surface area contributed by atoms with Crippen molar-refractivity contribution in [1.29, 1.82) is 0 Å². The SMILES string of the molecule is Cc1nc(N[C@@H]2C[C@H]3CC[C@@H]2C3)c2cc(-c3ccc(NS(C)(=O)=O)cc3)ccc2n1. The van der Waals surface area contributed by atoms with E-state index in [9.17, 15) is 8.42 Å². The molecule has 3 atom stereocenters. The Morgan fingerprint density at radius 3 is 2.40 bits per heavy atom. The molecule has 3 aromatic rings. The Kier molecular flexibility index (Phi) is 4.65. The van der Waals surface area contributed by atoms with Crippen LogP contribution in [-0.2, 0) is 10.0 Å². The van der Waals surface area contributed by atoms with Gasteiger partial charge < -0.3 is 5.32 Å². The molecular formula is C23H26N4O2S. The highest BCUT2D eigenvalue weighted by atomic mass is 32.2. The second kappa shape index (κ2) is 7.23. The van der Waals surface area contributed by atoms with Crippen LogP contribution in [0, 0.1) is 18.8 Å². The number of anilines is 2. The van der Waals surface area contributed by atoms with Crippen molar-refractivity contribution in [3.05, 3.63) is 48.3 Å². The Morgan fingerprint density at radius 1 is 0.967 bits per heavy atom. The maximum Gasteiger partial charge on any atom is 0.229 e. The fraction of sp³-hybridized carbons (Fsp3) is 0.391. The molecule has 30 heavy (non-hydrogen) atoms. The van der Waals surface area contributed by atoms with E-state index in [2.05, 4.69) is 27.2 Å². The topological polar surface area (TPSA) is 84.0 Å². The molecular weight excluding hydrogens is 396 g/mol. The summed E-state index contributed by atoms with van der Waals surface area (Å²) in [7, 11) is -3.28. The summed E-state index contributed by atoms with van der Waals surface area (Å²) in [5.41, 5.74) is 3.56. The average molecular weight is 423 g/mol. The quantitative estimate of drug-likeness (QED) is 0.629. The lowest BCUT2D eigenvalue weighted by atomic mass is 9.95. The van der Waals surface area contributed by atoms with Gasteiger partial charge in [0, 0.05) is 17.1 Å². The number of hydrogen-bond acceptors (Lipinski definition) is 5. The van der Waals surface area contributed by atoms with Crippen molar-refractivity contribution in [1.82, 2.24) is 9.97 Å². The highest BCUT2D eigenvalue weighted by Crippen LogP contribution is 2.45. The van der Waals surface area contributed by atoms with Gasteiger partial charge in [-0.15, -0.1) is 0 Å². The van der Waals surface area contributed by atoms with Gasteiger partial charge in [0.15, 0.2) is 0 Å². The first-order valence-electron chi connectivity index (χ1n) is 10.5. The summed E-state index contributed by atoms with van der Waals surface area (Å²) in [6.45, 7) is 1.94. The Labute approximate surface area is 177 Å². The van der Waals surface area contributed by atoms with Gasteiger partial charge in [0.05, 0.1) is 11.8 Å². The Bertz CT molecular complexity index is 1210. The highest BCUT2D eigenvalue weighted by Gasteiger charge is 2.39. The van der Waals surface area contributed by atoms with Gasteiger partial charge >= 0.3 is 0 Å². The van der Waals surface area contributed by atoms with E-state index in [1.54, 1.807) is 12.1 Å². The number of aromatic nitrogens is 2. The molecule has 2 aromatic carbocycles. The Hall–Kier alpha value is -2.67. The number of nitrogens with one attached hydrogen (secondary N) is 2. The molecule has 2 aliphatic rings. The second-order valence-electron chi connectivity index (χ2n) is 8.73. The molecule has 0 spiro atoms. The van der Waals surface area contributed by atoms with Gasteiger partial charge in [0.1, 0.15) is 11.6 Å². The average Bonchev–Trinajstić information content (AvgIpc) is 3.30. The third-order valence-electron chi connectivity index (χ3n) is 6.39. The lowest BCUT2D eigenvalue weighted by Crippen LogP contribution is -2.26. The number of aryl methyl sites for hydroxylation is 1. The second-order valence-corrected chi connectivity index (χ2v) is 10.5. The van der Waals surface area contributed by atoms with Gasteiger partial charge in [-0.3, -0.25) is 4.72 Å². The van der Waals surface area contributed by atoms with Crippen LogP contribution < -0.4 is 10.0 Å². The molecule has 1 heterocycles. The molecule has 2 N–H and O–H groups in total. The van der Waals surface area contributed by atoms with E-state index in [0.717, 1.165) is 51.8 Å². The fourth-order valence-corrected chi connectivity index (χ4v) is 5.64. The summed E-state index contributed by atoms with van der Waals surface area (Å²) in [6.07, 6.45) is 6.43. The summed E-state index contributed by atoms with van der Waals surface area (Å²) in [4.78, 5) is 9.36. The van der Waals surface area contributed by atoms with Crippen LogP contribution in [0.4, 0.5) is 11.5 Å². The summed E-state index contributed by atoms with van der Waals surface area (Å²) in [5.74, 6) is 3.33. The van der Waals surface area contributed by atoms with E-state index < -0.39 is 10.0 Å². The zero-order chi connectivity index (χ0) is 20.9. The van der Waals surface area contributed by atoms with Crippen molar-refractivity contribution >= 4 is 32.4 Å². The third-order valence-corrected chi connectivity index (χ3v) is 7.00. The van der Waals surface area contributed by atoms with E-state index >= 15 is 0 Å². The molecule has 1 aromatic heterocycles. The monoisotopic (exact) mass is 422 g/mol. The van der Waals surface area contributed by atoms with Crippen molar-refractivity contribution < 1.29 is 8.42 Å². The minimum Gasteiger partial charge on any atom is -0.366 e. The number of sulfonamides is 1. The first kappa shape index (κ1) is 19.3. The summed E-state index contributed by atoms with van der Waals surface area (Å²) < 4.78 is 25.3. The van der Waals surface area contributed by atoms with Crippen LogP contribution in [0.15, 0.2) is 42.5 Å². The van der Waals surface area contributed by atoms with Gasteiger partial charge in [0.2, 0.25) is 10.0 Å². The minimum absolute atomic E-state index is 0.506. The van der Waals surface area contributed by atoms with Crippen LogP contribution in [0.3, 0.4) is 0 Å². The molecule has 2 aliphatic carbocycles. The van der Waals surface area contributed by atoms with Gasteiger partial charge in [-0.25, -0.2) is 18.4 Å². The number of fused-ring (bicyclic) bond motifs is 3. The van der Waals surface area contributed by atoms with Crippen LogP contribution in [0.25, 0.3) is 22.0 Å². The molecule has 5 rings (SSSR count). The molecule has 7 heteroatoms. The van der Waals surface area contributed by atoms with E-state index in [1.165, 1.54) is 25.7 Å². The molecule has 2 fully saturated rings. The molecule has 0 radical (unpaired) electrons. The van der Waals surface area contributed by atoms with Crippen molar-refractivity contribution in [2.24, 2.45) is 11.8 Å². The summed E-state index contributed by atoms with van der Waals surface area (Å²) >= 11 is 0. The zero-order valence-corrected chi connectivity index (χ0v) is 18.0. The van der Waals surface area contributed by atoms with Gasteiger partial charge in [-0.05, 0) is 73.4 Å². The third kappa shape index (κ3) is 3.86. The molecule has 156 valence electrons. The fourth-order valence-electron chi connectivity index (χ4n) is 5.08. The first-order chi connectivity index (χ1) is 14.3. The Balaban J connectivity index is 1.48.